The highest BCUT2D eigenvalue weighted by atomic mass is 79.9. The quantitative estimate of drug-likeness (QED) is 0.917. The largest absolute Gasteiger partial charge is 0.446 e. The Labute approximate surface area is 110 Å². The van der Waals surface area contributed by atoms with Crippen LogP contribution in [0.1, 0.15) is 12.3 Å². The number of furan rings is 1. The minimum absolute atomic E-state index is 0.269. The van der Waals surface area contributed by atoms with E-state index in [2.05, 4.69) is 26.1 Å². The van der Waals surface area contributed by atoms with Crippen LogP contribution in [0.3, 0.4) is 0 Å². The Balaban J connectivity index is 1.92. The second-order valence-corrected chi connectivity index (χ2v) is 5.75. The molecule has 0 bridgehead atoms. The van der Waals surface area contributed by atoms with Crippen LogP contribution < -0.4 is 0 Å². The van der Waals surface area contributed by atoms with Crippen LogP contribution >= 0.6 is 27.7 Å². The molecule has 17 heavy (non-hydrogen) atoms. The molecule has 0 aliphatic carbocycles. The van der Waals surface area contributed by atoms with Gasteiger partial charge < -0.3 is 14.0 Å². The predicted molar refractivity (Wildman–Crippen MR) is 65.5 cm³/mol. The van der Waals surface area contributed by atoms with Gasteiger partial charge in [-0.1, -0.05) is 5.16 Å². The Kier molecular flexibility index (Phi) is 2.76. The van der Waals surface area contributed by atoms with Gasteiger partial charge in [-0.05, 0) is 40.2 Å². The number of halogens is 1. The molecule has 0 spiro atoms. The molecule has 0 aromatic carbocycles. The third-order valence-electron chi connectivity index (χ3n) is 2.62. The highest BCUT2D eigenvalue weighted by molar-refractivity contribution is 9.10. The number of aliphatic hydroxyl groups is 1. The fourth-order valence-electron chi connectivity index (χ4n) is 1.67. The van der Waals surface area contributed by atoms with Crippen LogP contribution in [0.5, 0.6) is 0 Å². The van der Waals surface area contributed by atoms with Crippen LogP contribution in [0.25, 0.3) is 11.6 Å². The van der Waals surface area contributed by atoms with Gasteiger partial charge in [0.1, 0.15) is 0 Å². The van der Waals surface area contributed by atoms with E-state index in [4.69, 9.17) is 8.94 Å². The molecule has 2 aromatic heterocycles. The Morgan fingerprint density at radius 1 is 1.47 bits per heavy atom. The zero-order valence-corrected chi connectivity index (χ0v) is 11.1. The van der Waals surface area contributed by atoms with E-state index in [1.807, 2.05) is 0 Å². The number of aromatic nitrogens is 2. The van der Waals surface area contributed by atoms with E-state index in [0.717, 1.165) is 5.75 Å². The molecule has 90 valence electrons. The number of hydrogen-bond acceptors (Lipinski definition) is 6. The normalized spacial score (nSPS) is 24.4. The van der Waals surface area contributed by atoms with E-state index in [0.29, 0.717) is 28.4 Å². The molecule has 3 rings (SSSR count). The van der Waals surface area contributed by atoms with Gasteiger partial charge in [0.15, 0.2) is 16.0 Å². The summed E-state index contributed by atoms with van der Waals surface area (Å²) in [5.41, 5.74) is -0.986. The van der Waals surface area contributed by atoms with Crippen LogP contribution in [0.15, 0.2) is 25.7 Å². The van der Waals surface area contributed by atoms with E-state index in [1.54, 1.807) is 23.9 Å². The van der Waals surface area contributed by atoms with Crippen LogP contribution in [0, 0.1) is 0 Å². The molecule has 1 aliphatic rings. The van der Waals surface area contributed by atoms with Crippen LogP contribution in [0.4, 0.5) is 0 Å². The lowest BCUT2D eigenvalue weighted by Crippen LogP contribution is -2.25. The second kappa shape index (κ2) is 4.15. The van der Waals surface area contributed by atoms with Gasteiger partial charge in [-0.3, -0.25) is 0 Å². The van der Waals surface area contributed by atoms with Gasteiger partial charge >= 0.3 is 0 Å². The first kappa shape index (κ1) is 11.3. The lowest BCUT2D eigenvalue weighted by atomic mass is 10.0. The maximum absolute atomic E-state index is 10.3. The fraction of sp³-hybridized carbons (Fsp3) is 0.400. The van der Waals surface area contributed by atoms with E-state index in [1.165, 1.54) is 0 Å². The third-order valence-corrected chi connectivity index (χ3v) is 4.22. The molecule has 1 fully saturated rings. The minimum Gasteiger partial charge on any atom is -0.446 e. The predicted octanol–water partition coefficient (Wildman–Crippen LogP) is 2.42. The van der Waals surface area contributed by atoms with E-state index in [-0.39, 0.29) is 5.89 Å². The standard InChI is InChI=1S/C10H9BrN2O3S/c11-7-2-1-6(15-7)8-12-9(16-13-8)10(14)3-4-17-5-10/h1-2,14H,3-5H2/t10-/m1/s1. The summed E-state index contributed by atoms with van der Waals surface area (Å²) in [7, 11) is 0. The lowest BCUT2D eigenvalue weighted by Gasteiger charge is -2.14. The molecule has 2 aromatic rings. The third kappa shape index (κ3) is 2.02. The molecule has 1 atom stereocenters. The Bertz CT molecular complexity index is 533. The first-order valence-electron chi connectivity index (χ1n) is 5.07. The molecule has 7 heteroatoms. The highest BCUT2D eigenvalue weighted by Gasteiger charge is 2.39. The van der Waals surface area contributed by atoms with Crippen LogP contribution in [-0.4, -0.2) is 26.8 Å². The average Bonchev–Trinajstić information content (AvgIpc) is 2.96. The highest BCUT2D eigenvalue weighted by Crippen LogP contribution is 2.36. The van der Waals surface area contributed by atoms with Crippen LogP contribution in [0.2, 0.25) is 0 Å². The van der Waals surface area contributed by atoms with E-state index >= 15 is 0 Å². The summed E-state index contributed by atoms with van der Waals surface area (Å²) in [6.07, 6.45) is 0.640. The van der Waals surface area contributed by atoms with Gasteiger partial charge in [-0.2, -0.15) is 16.7 Å². The molecule has 5 nitrogen and oxygen atoms in total. The molecule has 3 heterocycles. The molecular weight excluding hydrogens is 308 g/mol. The van der Waals surface area contributed by atoms with Crippen molar-refractivity contribution < 1.29 is 14.0 Å². The molecule has 0 amide bonds. The molecule has 0 radical (unpaired) electrons. The summed E-state index contributed by atoms with van der Waals surface area (Å²) in [5, 5.41) is 14.1. The monoisotopic (exact) mass is 316 g/mol. The average molecular weight is 317 g/mol. The summed E-state index contributed by atoms with van der Waals surface area (Å²) in [5.74, 6) is 2.64. The molecular formula is C10H9BrN2O3S. The topological polar surface area (TPSA) is 72.3 Å². The first-order chi connectivity index (χ1) is 8.17. The van der Waals surface area contributed by atoms with E-state index in [9.17, 15) is 5.11 Å². The van der Waals surface area contributed by atoms with Crippen molar-refractivity contribution >= 4 is 27.7 Å². The zero-order chi connectivity index (χ0) is 11.9. The van der Waals surface area contributed by atoms with Crippen molar-refractivity contribution in [1.29, 1.82) is 0 Å². The van der Waals surface area contributed by atoms with Crippen molar-refractivity contribution in [3.63, 3.8) is 0 Å². The van der Waals surface area contributed by atoms with Crippen molar-refractivity contribution in [3.8, 4) is 11.6 Å². The molecule has 1 aliphatic heterocycles. The molecule has 1 saturated heterocycles. The zero-order valence-electron chi connectivity index (χ0n) is 8.72. The number of thioether (sulfide) groups is 1. The summed E-state index contributed by atoms with van der Waals surface area (Å²) >= 11 is 4.88. The molecule has 0 saturated carbocycles. The summed E-state index contributed by atoms with van der Waals surface area (Å²) < 4.78 is 11.0. The van der Waals surface area contributed by atoms with Crippen molar-refractivity contribution in [1.82, 2.24) is 10.1 Å². The van der Waals surface area contributed by atoms with Gasteiger partial charge in [0, 0.05) is 5.75 Å². The molecule has 1 N–H and O–H groups in total. The lowest BCUT2D eigenvalue weighted by molar-refractivity contribution is 0.0307. The summed E-state index contributed by atoms with van der Waals surface area (Å²) in [4.78, 5) is 4.19. The van der Waals surface area contributed by atoms with Crippen molar-refractivity contribution in [2.24, 2.45) is 0 Å². The van der Waals surface area contributed by atoms with Gasteiger partial charge in [-0.25, -0.2) is 0 Å². The Hall–Kier alpha value is -0.790. The fourth-order valence-corrected chi connectivity index (χ4v) is 3.21. The number of nitrogens with zero attached hydrogens (tertiary/aromatic N) is 2. The second-order valence-electron chi connectivity index (χ2n) is 3.86. The number of hydrogen-bond donors (Lipinski definition) is 1. The smallest absolute Gasteiger partial charge is 0.259 e. The maximum atomic E-state index is 10.3. The minimum atomic E-state index is -0.986. The van der Waals surface area contributed by atoms with Crippen molar-refractivity contribution in [3.05, 3.63) is 22.7 Å². The summed E-state index contributed by atoms with van der Waals surface area (Å²) in [6, 6.07) is 3.50. The Morgan fingerprint density at radius 3 is 3.00 bits per heavy atom. The SMILES string of the molecule is O[C@]1(c2nc(-c3ccc(Br)o3)no2)CCSC1. The van der Waals surface area contributed by atoms with E-state index < -0.39 is 5.60 Å². The summed E-state index contributed by atoms with van der Waals surface area (Å²) in [6.45, 7) is 0. The molecule has 0 unspecified atom stereocenters. The number of rotatable bonds is 2. The van der Waals surface area contributed by atoms with Crippen molar-refractivity contribution in [2.75, 3.05) is 11.5 Å². The first-order valence-corrected chi connectivity index (χ1v) is 7.02. The van der Waals surface area contributed by atoms with Gasteiger partial charge in [0.2, 0.25) is 5.82 Å². The van der Waals surface area contributed by atoms with Gasteiger partial charge in [-0.15, -0.1) is 0 Å². The maximum Gasteiger partial charge on any atom is 0.259 e. The van der Waals surface area contributed by atoms with Crippen molar-refractivity contribution in [2.45, 2.75) is 12.0 Å². The Morgan fingerprint density at radius 2 is 2.35 bits per heavy atom. The van der Waals surface area contributed by atoms with Gasteiger partial charge in [0.25, 0.3) is 5.89 Å². The van der Waals surface area contributed by atoms with Gasteiger partial charge in [0.05, 0.1) is 0 Å². The van der Waals surface area contributed by atoms with Crippen LogP contribution in [-0.2, 0) is 5.60 Å².